The van der Waals surface area contributed by atoms with Crippen LogP contribution in [-0.2, 0) is 10.2 Å². The second kappa shape index (κ2) is 8.50. The highest BCUT2D eigenvalue weighted by molar-refractivity contribution is 7.21. The highest BCUT2D eigenvalue weighted by atomic mass is 32.1. The smallest absolute Gasteiger partial charge is 0.309 e. The summed E-state index contributed by atoms with van der Waals surface area (Å²) in [5, 5.41) is 9.79. The van der Waals surface area contributed by atoms with Crippen molar-refractivity contribution < 1.29 is 14.3 Å². The van der Waals surface area contributed by atoms with E-state index in [1.165, 1.54) is 16.9 Å². The number of pyridine rings is 1. The molecule has 5 nitrogen and oxygen atoms in total. The molecule has 6 rings (SSSR count). The van der Waals surface area contributed by atoms with Crippen LogP contribution in [0.1, 0.15) is 49.0 Å². The lowest BCUT2D eigenvalue weighted by atomic mass is 9.92. The quantitative estimate of drug-likeness (QED) is 0.344. The average molecular weight is 488 g/mol. The number of carboxylic acid groups (broad SMARTS) is 1. The third-order valence-electron chi connectivity index (χ3n) is 7.52. The lowest BCUT2D eigenvalue weighted by Gasteiger charge is -2.42. The molecule has 7 heteroatoms. The number of carboxylic acids is 1. The minimum Gasteiger partial charge on any atom is -0.481 e. The van der Waals surface area contributed by atoms with E-state index in [1.54, 1.807) is 12.1 Å². The van der Waals surface area contributed by atoms with Crippen LogP contribution in [0.4, 0.5) is 4.39 Å². The lowest BCUT2D eigenvalue weighted by molar-refractivity contribution is -0.148. The van der Waals surface area contributed by atoms with Crippen LogP contribution in [0.15, 0.2) is 60.7 Å². The fourth-order valence-electron chi connectivity index (χ4n) is 5.31. The van der Waals surface area contributed by atoms with E-state index < -0.39 is 5.97 Å². The van der Waals surface area contributed by atoms with Crippen LogP contribution in [-0.4, -0.2) is 39.0 Å². The minimum absolute atomic E-state index is 0.0152. The zero-order valence-electron chi connectivity index (χ0n) is 19.4. The molecule has 0 unspecified atom stereocenters. The summed E-state index contributed by atoms with van der Waals surface area (Å²) >= 11 is 1.43. The third kappa shape index (κ3) is 3.83. The highest BCUT2D eigenvalue weighted by Crippen LogP contribution is 2.53. The molecule has 2 aromatic carbocycles. The van der Waals surface area contributed by atoms with Gasteiger partial charge in [0.1, 0.15) is 21.2 Å². The van der Waals surface area contributed by atoms with Crippen molar-refractivity contribution in [3.63, 3.8) is 0 Å². The summed E-state index contributed by atoms with van der Waals surface area (Å²) in [5.74, 6) is -1.40. The van der Waals surface area contributed by atoms with E-state index in [1.807, 2.05) is 25.1 Å². The minimum atomic E-state index is -0.762. The summed E-state index contributed by atoms with van der Waals surface area (Å²) in [7, 11) is 0. The molecule has 35 heavy (non-hydrogen) atoms. The maximum atomic E-state index is 15.3. The number of rotatable bonds is 7. The van der Waals surface area contributed by atoms with Crippen molar-refractivity contribution in [1.29, 1.82) is 0 Å². The number of thiazole rings is 1. The predicted molar refractivity (Wildman–Crippen MR) is 135 cm³/mol. The summed E-state index contributed by atoms with van der Waals surface area (Å²) < 4.78 is 15.3. The second-order valence-corrected chi connectivity index (χ2v) is 10.6. The molecule has 0 bridgehead atoms. The number of carbonyl (C=O) groups is 1. The van der Waals surface area contributed by atoms with Crippen LogP contribution in [0.2, 0.25) is 0 Å². The SMILES string of the molecule is CC[C@@H](c1ccc(-c2nc3ccc(C4(c5ccccc5)CC4)nc3s2)c(F)c1)N1CC(C(=O)O)C1. The molecule has 1 aliphatic carbocycles. The molecule has 0 amide bonds. The first-order valence-corrected chi connectivity index (χ1v) is 12.9. The van der Waals surface area contributed by atoms with Gasteiger partial charge >= 0.3 is 5.97 Å². The number of aliphatic carboxylic acids is 1. The van der Waals surface area contributed by atoms with Crippen molar-refractivity contribution in [2.24, 2.45) is 5.92 Å². The molecule has 2 aromatic heterocycles. The molecule has 0 radical (unpaired) electrons. The molecule has 3 heterocycles. The van der Waals surface area contributed by atoms with Crippen LogP contribution in [0.5, 0.6) is 0 Å². The number of benzene rings is 2. The van der Waals surface area contributed by atoms with E-state index in [-0.39, 0.29) is 23.2 Å². The maximum Gasteiger partial charge on any atom is 0.309 e. The number of fused-ring (bicyclic) bond motifs is 1. The standard InChI is InChI=1S/C28H26FN3O2S/c1-2-23(32-15-18(16-32)27(33)34)17-8-9-20(21(29)14-17)25-30-22-10-11-24(31-26(22)35-25)28(12-13-28)19-6-4-3-5-7-19/h3-11,14,18,23H,2,12-13,15-16H2,1H3,(H,33,34)/t23-/m0/s1. The average Bonchev–Trinajstić information content (AvgIpc) is 3.54. The first kappa shape index (κ1) is 22.3. The molecule has 2 fully saturated rings. The molecule has 1 saturated heterocycles. The van der Waals surface area contributed by atoms with Crippen molar-refractivity contribution in [2.45, 2.75) is 37.6 Å². The van der Waals surface area contributed by atoms with Gasteiger partial charge in [-0.15, -0.1) is 0 Å². The Balaban J connectivity index is 1.27. The van der Waals surface area contributed by atoms with E-state index in [0.717, 1.165) is 40.9 Å². The van der Waals surface area contributed by atoms with Gasteiger partial charge in [-0.05, 0) is 54.7 Å². The normalized spacial score (nSPS) is 18.3. The van der Waals surface area contributed by atoms with Crippen molar-refractivity contribution in [3.05, 3.63) is 83.3 Å². The molecule has 1 N–H and O–H groups in total. The predicted octanol–water partition coefficient (Wildman–Crippen LogP) is 6.04. The highest BCUT2D eigenvalue weighted by Gasteiger charge is 2.47. The molecule has 1 aliphatic heterocycles. The van der Waals surface area contributed by atoms with Gasteiger partial charge in [-0.2, -0.15) is 0 Å². The van der Waals surface area contributed by atoms with Crippen LogP contribution in [0.3, 0.4) is 0 Å². The van der Waals surface area contributed by atoms with Gasteiger partial charge in [-0.3, -0.25) is 9.69 Å². The van der Waals surface area contributed by atoms with Gasteiger partial charge in [0.2, 0.25) is 0 Å². The Morgan fingerprint density at radius 3 is 2.57 bits per heavy atom. The Labute approximate surface area is 207 Å². The molecular formula is C28H26FN3O2S. The monoisotopic (exact) mass is 487 g/mol. The number of hydrogen-bond acceptors (Lipinski definition) is 5. The molecule has 2 aliphatic rings. The molecular weight excluding hydrogens is 461 g/mol. The number of hydrogen-bond donors (Lipinski definition) is 1. The van der Waals surface area contributed by atoms with Gasteiger partial charge in [-0.1, -0.05) is 54.7 Å². The van der Waals surface area contributed by atoms with Crippen LogP contribution in [0.25, 0.3) is 20.9 Å². The summed E-state index contributed by atoms with van der Waals surface area (Å²) in [6, 6.07) is 19.9. The van der Waals surface area contributed by atoms with Crippen molar-refractivity contribution in [1.82, 2.24) is 14.9 Å². The van der Waals surface area contributed by atoms with E-state index >= 15 is 4.39 Å². The number of aromatic nitrogens is 2. The number of halogens is 1. The Morgan fingerprint density at radius 1 is 1.14 bits per heavy atom. The summed E-state index contributed by atoms with van der Waals surface area (Å²) in [6.07, 6.45) is 2.96. The van der Waals surface area contributed by atoms with Gasteiger partial charge in [-0.25, -0.2) is 14.4 Å². The number of nitrogens with zero attached hydrogens (tertiary/aromatic N) is 3. The Morgan fingerprint density at radius 2 is 1.91 bits per heavy atom. The zero-order valence-corrected chi connectivity index (χ0v) is 20.3. The van der Waals surface area contributed by atoms with E-state index in [4.69, 9.17) is 10.1 Å². The van der Waals surface area contributed by atoms with Crippen LogP contribution in [0, 0.1) is 11.7 Å². The van der Waals surface area contributed by atoms with E-state index in [0.29, 0.717) is 23.7 Å². The molecule has 178 valence electrons. The van der Waals surface area contributed by atoms with Gasteiger partial charge in [0.25, 0.3) is 0 Å². The first-order chi connectivity index (χ1) is 17.0. The summed E-state index contributed by atoms with van der Waals surface area (Å²) in [5.41, 5.74) is 4.47. The van der Waals surface area contributed by atoms with Gasteiger partial charge in [0, 0.05) is 30.1 Å². The molecule has 0 spiro atoms. The van der Waals surface area contributed by atoms with E-state index in [9.17, 15) is 4.79 Å². The summed E-state index contributed by atoms with van der Waals surface area (Å²) in [6.45, 7) is 3.06. The van der Waals surface area contributed by atoms with Gasteiger partial charge < -0.3 is 5.11 Å². The molecule has 1 saturated carbocycles. The zero-order chi connectivity index (χ0) is 24.2. The third-order valence-corrected chi connectivity index (χ3v) is 8.52. The largest absolute Gasteiger partial charge is 0.481 e. The fraction of sp³-hybridized carbons (Fsp3) is 0.321. The Hall–Kier alpha value is -3.16. The first-order valence-electron chi connectivity index (χ1n) is 12.1. The molecule has 1 atom stereocenters. The number of likely N-dealkylation sites (tertiary alicyclic amines) is 1. The summed E-state index contributed by atoms with van der Waals surface area (Å²) in [4.78, 5) is 23.7. The van der Waals surface area contributed by atoms with Crippen LogP contribution < -0.4 is 0 Å². The topological polar surface area (TPSA) is 66.3 Å². The Kier molecular flexibility index (Phi) is 5.42. The molecule has 4 aromatic rings. The Bertz CT molecular complexity index is 1410. The van der Waals surface area contributed by atoms with Gasteiger partial charge in [0.15, 0.2) is 0 Å². The lowest BCUT2D eigenvalue weighted by Crippen LogP contribution is -2.51. The fourth-order valence-corrected chi connectivity index (χ4v) is 6.28. The van der Waals surface area contributed by atoms with Crippen LogP contribution >= 0.6 is 11.3 Å². The van der Waals surface area contributed by atoms with Gasteiger partial charge in [0.05, 0.1) is 11.6 Å². The maximum absolute atomic E-state index is 15.3. The second-order valence-electron chi connectivity index (χ2n) is 9.64. The van der Waals surface area contributed by atoms with E-state index in [2.05, 4.69) is 40.2 Å². The van der Waals surface area contributed by atoms with Crippen molar-refractivity contribution in [3.8, 4) is 10.6 Å². The van der Waals surface area contributed by atoms with Crippen molar-refractivity contribution in [2.75, 3.05) is 13.1 Å². The van der Waals surface area contributed by atoms with Crippen molar-refractivity contribution >= 4 is 27.7 Å².